The van der Waals surface area contributed by atoms with Gasteiger partial charge in [-0.2, -0.15) is 0 Å². The molecule has 1 aliphatic heterocycles. The van der Waals surface area contributed by atoms with Crippen LogP contribution in [0.1, 0.15) is 37.1 Å². The number of hydrogen-bond acceptors (Lipinski definition) is 5. The van der Waals surface area contributed by atoms with Gasteiger partial charge in [-0.15, -0.1) is 0 Å². The first-order chi connectivity index (χ1) is 12.0. The zero-order chi connectivity index (χ0) is 17.8. The Kier molecular flexibility index (Phi) is 5.43. The van der Waals surface area contributed by atoms with Crippen LogP contribution in [-0.2, 0) is 11.3 Å². The molecule has 0 unspecified atom stereocenters. The molecule has 6 nitrogen and oxygen atoms in total. The van der Waals surface area contributed by atoms with Crippen molar-refractivity contribution in [1.29, 1.82) is 0 Å². The Morgan fingerprint density at radius 1 is 1.32 bits per heavy atom. The Balaban J connectivity index is 1.51. The summed E-state index contributed by atoms with van der Waals surface area (Å²) in [5.41, 5.74) is 1.92. The van der Waals surface area contributed by atoms with Crippen molar-refractivity contribution in [2.75, 3.05) is 13.2 Å². The van der Waals surface area contributed by atoms with E-state index in [-0.39, 0.29) is 16.8 Å². The van der Waals surface area contributed by atoms with Gasteiger partial charge in [-0.3, -0.25) is 9.59 Å². The molecule has 1 aliphatic rings. The third-order valence-electron chi connectivity index (χ3n) is 4.21. The third-order valence-corrected chi connectivity index (χ3v) is 5.09. The molecule has 1 aromatic carbocycles. The lowest BCUT2D eigenvalue weighted by Crippen LogP contribution is -2.27. The summed E-state index contributed by atoms with van der Waals surface area (Å²) < 4.78 is 12.8. The lowest BCUT2D eigenvalue weighted by molar-refractivity contribution is -0.121. The highest BCUT2D eigenvalue weighted by atomic mass is 32.1. The van der Waals surface area contributed by atoms with E-state index in [0.717, 1.165) is 22.8 Å². The fourth-order valence-electron chi connectivity index (χ4n) is 2.80. The second-order valence-corrected chi connectivity index (χ2v) is 6.91. The highest BCUT2D eigenvalue weighted by Crippen LogP contribution is 2.32. The number of ether oxygens (including phenoxy) is 2. The Bertz CT molecular complexity index is 812. The highest BCUT2D eigenvalue weighted by Gasteiger charge is 2.15. The molecule has 0 aliphatic carbocycles. The van der Waals surface area contributed by atoms with Crippen molar-refractivity contribution in [2.45, 2.75) is 39.3 Å². The summed E-state index contributed by atoms with van der Waals surface area (Å²) in [6.45, 7) is 5.52. The molecule has 0 saturated heterocycles. The summed E-state index contributed by atoms with van der Waals surface area (Å²) in [4.78, 5) is 23.8. The van der Waals surface area contributed by atoms with Crippen LogP contribution in [-0.4, -0.2) is 23.7 Å². The molecule has 2 heterocycles. The first-order valence-electron chi connectivity index (χ1n) is 8.38. The van der Waals surface area contributed by atoms with Gasteiger partial charge in [-0.05, 0) is 38.0 Å². The summed E-state index contributed by atoms with van der Waals surface area (Å²) >= 11 is 1.19. The van der Waals surface area contributed by atoms with E-state index < -0.39 is 0 Å². The molecule has 2 aromatic rings. The zero-order valence-electron chi connectivity index (χ0n) is 14.4. The third kappa shape index (κ3) is 4.22. The molecular weight excluding hydrogens is 340 g/mol. The maximum Gasteiger partial charge on any atom is 0.307 e. The number of carbonyl (C=O) groups excluding carboxylic acids is 1. The van der Waals surface area contributed by atoms with Crippen molar-refractivity contribution >= 4 is 17.2 Å². The van der Waals surface area contributed by atoms with Crippen molar-refractivity contribution in [3.8, 4) is 11.5 Å². The molecule has 0 radical (unpaired) electrons. The molecule has 0 saturated carbocycles. The zero-order valence-corrected chi connectivity index (χ0v) is 15.2. The van der Waals surface area contributed by atoms with Gasteiger partial charge in [0, 0.05) is 24.0 Å². The summed E-state index contributed by atoms with van der Waals surface area (Å²) in [5, 5.41) is 4.83. The number of aromatic nitrogens is 1. The van der Waals surface area contributed by atoms with Crippen LogP contribution in [0.5, 0.6) is 11.5 Å². The van der Waals surface area contributed by atoms with Gasteiger partial charge in [-0.25, -0.2) is 0 Å². The topological polar surface area (TPSA) is 69.6 Å². The van der Waals surface area contributed by atoms with Crippen molar-refractivity contribution < 1.29 is 14.3 Å². The number of nitrogens with one attached hydrogen (secondary N) is 1. The average Bonchev–Trinajstić information content (AvgIpc) is 2.93. The quantitative estimate of drug-likeness (QED) is 0.858. The smallest absolute Gasteiger partial charge is 0.307 e. The minimum absolute atomic E-state index is 0.0247. The number of thiazole rings is 1. The van der Waals surface area contributed by atoms with E-state index in [1.165, 1.54) is 11.3 Å². The Morgan fingerprint density at radius 3 is 2.80 bits per heavy atom. The molecule has 0 spiro atoms. The molecule has 1 atom stereocenters. The minimum atomic E-state index is -0.117. The van der Waals surface area contributed by atoms with Gasteiger partial charge >= 0.3 is 4.87 Å². The van der Waals surface area contributed by atoms with E-state index >= 15 is 0 Å². The van der Waals surface area contributed by atoms with E-state index in [1.54, 1.807) is 4.57 Å². The maximum absolute atomic E-state index is 12.2. The number of nitrogens with zero attached hydrogens (tertiary/aromatic N) is 1. The Labute approximate surface area is 150 Å². The van der Waals surface area contributed by atoms with Gasteiger partial charge < -0.3 is 19.4 Å². The second-order valence-electron chi connectivity index (χ2n) is 6.09. The fraction of sp³-hybridized carbons (Fsp3) is 0.444. The molecule has 3 rings (SSSR count). The minimum Gasteiger partial charge on any atom is -0.486 e. The van der Waals surface area contributed by atoms with Crippen LogP contribution in [0.4, 0.5) is 0 Å². The first kappa shape index (κ1) is 17.5. The van der Waals surface area contributed by atoms with E-state index in [9.17, 15) is 9.59 Å². The molecule has 134 valence electrons. The summed E-state index contributed by atoms with van der Waals surface area (Å²) in [7, 11) is 0. The van der Waals surface area contributed by atoms with E-state index in [2.05, 4.69) is 5.32 Å². The molecule has 7 heteroatoms. The second kappa shape index (κ2) is 7.74. The van der Waals surface area contributed by atoms with Crippen molar-refractivity contribution in [3.05, 3.63) is 44.5 Å². The number of aryl methyl sites for hydroxylation is 1. The Morgan fingerprint density at radius 2 is 2.08 bits per heavy atom. The number of benzene rings is 1. The molecule has 0 bridgehead atoms. The number of carbonyl (C=O) groups is 1. The van der Waals surface area contributed by atoms with E-state index in [0.29, 0.717) is 32.6 Å². The first-order valence-corrected chi connectivity index (χ1v) is 9.26. The molecule has 0 fully saturated rings. The van der Waals surface area contributed by atoms with Crippen LogP contribution >= 0.6 is 11.3 Å². The normalized spacial score (nSPS) is 14.2. The van der Waals surface area contributed by atoms with Crippen LogP contribution in [0.15, 0.2) is 28.4 Å². The van der Waals surface area contributed by atoms with Crippen LogP contribution in [0.3, 0.4) is 0 Å². The lowest BCUT2D eigenvalue weighted by atomic mass is 10.1. The van der Waals surface area contributed by atoms with Crippen LogP contribution in [0.25, 0.3) is 0 Å². The molecule has 25 heavy (non-hydrogen) atoms. The Hall–Kier alpha value is -2.28. The van der Waals surface area contributed by atoms with Gasteiger partial charge in [0.1, 0.15) is 13.2 Å². The highest BCUT2D eigenvalue weighted by molar-refractivity contribution is 7.07. The van der Waals surface area contributed by atoms with Gasteiger partial charge in [0.25, 0.3) is 0 Å². The van der Waals surface area contributed by atoms with Crippen molar-refractivity contribution in [3.63, 3.8) is 0 Å². The number of amides is 1. The summed E-state index contributed by atoms with van der Waals surface area (Å²) in [5.74, 6) is 1.44. The van der Waals surface area contributed by atoms with Gasteiger partial charge in [0.15, 0.2) is 11.5 Å². The van der Waals surface area contributed by atoms with Crippen LogP contribution in [0.2, 0.25) is 0 Å². The SMILES string of the molecule is Cc1csc(=O)n1CCCC(=O)N[C@@H](C)c1ccc2c(c1)OCCO2. The number of fused-ring (bicyclic) bond motifs is 1. The molecule has 1 N–H and O–H groups in total. The van der Waals surface area contributed by atoms with Crippen molar-refractivity contribution in [2.24, 2.45) is 0 Å². The van der Waals surface area contributed by atoms with Crippen LogP contribution in [0, 0.1) is 6.92 Å². The molecular formula is C18H22N2O4S. The maximum atomic E-state index is 12.2. The van der Waals surface area contributed by atoms with Gasteiger partial charge in [0.2, 0.25) is 5.91 Å². The van der Waals surface area contributed by atoms with E-state index in [4.69, 9.17) is 9.47 Å². The van der Waals surface area contributed by atoms with Gasteiger partial charge in [-0.1, -0.05) is 17.4 Å². The molecule has 1 amide bonds. The standard InChI is InChI=1S/C18H22N2O4S/c1-12-11-25-18(22)20(12)7-3-4-17(21)19-13(2)14-5-6-15-16(10-14)24-9-8-23-15/h5-6,10-11,13H,3-4,7-9H2,1-2H3,(H,19,21)/t13-/m0/s1. The summed E-state index contributed by atoms with van der Waals surface area (Å²) in [6, 6.07) is 5.60. The lowest BCUT2D eigenvalue weighted by Gasteiger charge is -2.21. The van der Waals surface area contributed by atoms with Crippen molar-refractivity contribution in [1.82, 2.24) is 9.88 Å². The largest absolute Gasteiger partial charge is 0.486 e. The summed E-state index contributed by atoms with van der Waals surface area (Å²) in [6.07, 6.45) is 1.02. The number of hydrogen-bond donors (Lipinski definition) is 1. The van der Waals surface area contributed by atoms with Crippen LogP contribution < -0.4 is 19.7 Å². The average molecular weight is 362 g/mol. The fourth-order valence-corrected chi connectivity index (χ4v) is 3.56. The van der Waals surface area contributed by atoms with E-state index in [1.807, 2.05) is 37.4 Å². The predicted molar refractivity (Wildman–Crippen MR) is 96.5 cm³/mol. The monoisotopic (exact) mass is 362 g/mol. The number of rotatable bonds is 6. The van der Waals surface area contributed by atoms with Gasteiger partial charge in [0.05, 0.1) is 6.04 Å². The predicted octanol–water partition coefficient (Wildman–Crippen LogP) is 2.65. The molecule has 1 aromatic heterocycles.